The topological polar surface area (TPSA) is 231 Å². The summed E-state index contributed by atoms with van der Waals surface area (Å²) in [5, 5.41) is 71.9. The van der Waals surface area contributed by atoms with E-state index in [1.807, 2.05) is 0 Å². The largest absolute Gasteiger partial charge is 0.462 e. The van der Waals surface area contributed by atoms with Gasteiger partial charge in [0.2, 0.25) is 0 Å². The quantitative estimate of drug-likeness (QED) is 0.0184. The number of unbranched alkanes of at least 4 members (excludes halogenated alkanes) is 17. The molecule has 0 bridgehead atoms. The van der Waals surface area contributed by atoms with Crippen molar-refractivity contribution in [3.8, 4) is 0 Å². The predicted octanol–water partition coefficient (Wildman–Crippen LogP) is 5.36. The third kappa shape index (κ3) is 23.6. The first kappa shape index (κ1) is 55.9. The lowest BCUT2D eigenvalue weighted by Crippen LogP contribution is -2.61. The summed E-state index contributed by atoms with van der Waals surface area (Å²) in [5.74, 6) is -0.959. The van der Waals surface area contributed by atoms with E-state index in [2.05, 4.69) is 43.9 Å². The molecule has 2 aliphatic rings. The Morgan fingerprint density at radius 1 is 0.548 bits per heavy atom. The highest BCUT2D eigenvalue weighted by Crippen LogP contribution is 2.26. The van der Waals surface area contributed by atoms with E-state index in [1.54, 1.807) is 0 Å². The van der Waals surface area contributed by atoms with Crippen LogP contribution in [0.1, 0.15) is 162 Å². The molecule has 2 saturated heterocycles. The fourth-order valence-electron chi connectivity index (χ4n) is 7.17. The minimum atomic E-state index is -1.77. The van der Waals surface area contributed by atoms with Crippen molar-refractivity contribution in [3.63, 3.8) is 0 Å². The van der Waals surface area contributed by atoms with Gasteiger partial charge in [0.15, 0.2) is 18.7 Å². The van der Waals surface area contributed by atoms with Gasteiger partial charge in [-0.3, -0.25) is 9.59 Å². The van der Waals surface area contributed by atoms with Crippen molar-refractivity contribution in [2.24, 2.45) is 0 Å². The van der Waals surface area contributed by atoms with E-state index in [9.17, 15) is 45.3 Å². The Kier molecular flexibility index (Phi) is 31.6. The number of rotatable bonds is 35. The summed E-state index contributed by atoms with van der Waals surface area (Å²) in [6.07, 6.45) is 14.3. The van der Waals surface area contributed by atoms with Crippen LogP contribution in [0.4, 0.5) is 0 Å². The molecule has 2 aliphatic heterocycles. The van der Waals surface area contributed by atoms with Crippen molar-refractivity contribution >= 4 is 11.9 Å². The SMILES string of the molecule is CCCC/C=C/CCCCCCCC(=O)OC[C@H](CO[C@@H]1O[C@H](CO[C@@H]2O[C@H](CO)[C@H](O)C(O)C2O)[C@H](O)C(O)C1O)OC(=O)CCCCCCCC=C=CCCCCCCC. The van der Waals surface area contributed by atoms with Gasteiger partial charge in [0, 0.05) is 12.8 Å². The van der Waals surface area contributed by atoms with Gasteiger partial charge in [-0.2, -0.15) is 0 Å². The van der Waals surface area contributed by atoms with Crippen molar-refractivity contribution in [2.75, 3.05) is 26.4 Å². The molecular weight excluding hydrogens is 805 g/mol. The number of ether oxygens (including phenoxy) is 6. The molecule has 62 heavy (non-hydrogen) atoms. The molecule has 0 saturated carbocycles. The summed E-state index contributed by atoms with van der Waals surface area (Å²) in [6, 6.07) is 0. The summed E-state index contributed by atoms with van der Waals surface area (Å²) >= 11 is 0. The second-order valence-corrected chi connectivity index (χ2v) is 16.7. The Hall–Kier alpha value is -2.24. The zero-order valence-corrected chi connectivity index (χ0v) is 37.6. The number of esters is 2. The van der Waals surface area contributed by atoms with E-state index >= 15 is 0 Å². The third-order valence-electron chi connectivity index (χ3n) is 11.2. The van der Waals surface area contributed by atoms with Crippen LogP contribution in [0.5, 0.6) is 0 Å². The molecule has 0 aromatic heterocycles. The van der Waals surface area contributed by atoms with Gasteiger partial charge in [0.1, 0.15) is 55.4 Å². The maximum absolute atomic E-state index is 12.9. The van der Waals surface area contributed by atoms with Crippen LogP contribution in [-0.2, 0) is 38.0 Å². The molecule has 7 N–H and O–H groups in total. The van der Waals surface area contributed by atoms with Crippen LogP contribution < -0.4 is 0 Å². The van der Waals surface area contributed by atoms with Crippen LogP contribution in [-0.4, -0.2) is 142 Å². The van der Waals surface area contributed by atoms with Crippen molar-refractivity contribution in [2.45, 2.75) is 229 Å². The van der Waals surface area contributed by atoms with E-state index in [1.165, 1.54) is 44.9 Å². The molecule has 2 fully saturated rings. The minimum Gasteiger partial charge on any atom is -0.462 e. The van der Waals surface area contributed by atoms with Gasteiger partial charge in [-0.1, -0.05) is 103 Å². The number of hydrogen-bond acceptors (Lipinski definition) is 15. The van der Waals surface area contributed by atoms with Crippen molar-refractivity contribution < 1.29 is 73.8 Å². The van der Waals surface area contributed by atoms with E-state index in [0.29, 0.717) is 12.8 Å². The van der Waals surface area contributed by atoms with Gasteiger partial charge >= 0.3 is 11.9 Å². The predicted molar refractivity (Wildman–Crippen MR) is 233 cm³/mol. The first-order valence-corrected chi connectivity index (χ1v) is 23.7. The fourth-order valence-corrected chi connectivity index (χ4v) is 7.17. The number of aliphatic hydroxyl groups is 7. The summed E-state index contributed by atoms with van der Waals surface area (Å²) in [5.41, 5.74) is 3.28. The molecule has 15 nitrogen and oxygen atoms in total. The van der Waals surface area contributed by atoms with E-state index in [-0.39, 0.29) is 19.4 Å². The minimum absolute atomic E-state index is 0.144. The number of allylic oxidation sites excluding steroid dienone is 3. The first-order valence-electron chi connectivity index (χ1n) is 23.7. The molecule has 0 spiro atoms. The highest BCUT2D eigenvalue weighted by Gasteiger charge is 2.47. The Labute approximate surface area is 370 Å². The Morgan fingerprint density at radius 3 is 1.63 bits per heavy atom. The summed E-state index contributed by atoms with van der Waals surface area (Å²) < 4.78 is 33.4. The second kappa shape index (κ2) is 35.1. The Balaban J connectivity index is 1.86. The normalized spacial score (nSPS) is 26.9. The molecule has 0 aromatic carbocycles. The number of aliphatic hydroxyl groups excluding tert-OH is 7. The summed E-state index contributed by atoms with van der Waals surface area (Å²) in [7, 11) is 0. The van der Waals surface area contributed by atoms with Crippen molar-refractivity contribution in [1.29, 1.82) is 0 Å². The van der Waals surface area contributed by atoms with E-state index < -0.39 is 99.3 Å². The molecule has 0 radical (unpaired) electrons. The monoisotopic (exact) mass is 887 g/mol. The lowest BCUT2D eigenvalue weighted by atomic mass is 9.98. The smallest absolute Gasteiger partial charge is 0.306 e. The van der Waals surface area contributed by atoms with Crippen LogP contribution in [0.25, 0.3) is 0 Å². The molecular formula is C47H82O15. The standard InChI is InChI=1S/C47H82O15/c1-3-5-7-9-11-13-15-16-17-18-20-22-24-26-28-30-39(50)60-35(32-57-38(49)29-27-25-23-21-19-14-12-10-8-6-4-2)33-58-46-45(56)43(54)41(52)37(62-46)34-59-47-44(55)42(53)40(51)36(31-48)61-47/h10,12,15,17,35-37,40-48,51-56H,3-9,11,13-14,18-34H2,1-2H3/b12-10+/t16?,35-,36-,37-,40+,41+,42?,43?,44?,45?,46-,47-/m1/s1. The molecule has 11 atom stereocenters. The van der Waals surface area contributed by atoms with Gasteiger partial charge in [0.05, 0.1) is 19.8 Å². The molecule has 0 amide bonds. The molecule has 2 heterocycles. The van der Waals surface area contributed by atoms with Crippen LogP contribution in [0.2, 0.25) is 0 Å². The zero-order valence-electron chi connectivity index (χ0n) is 37.6. The van der Waals surface area contributed by atoms with Crippen LogP contribution >= 0.6 is 0 Å². The second-order valence-electron chi connectivity index (χ2n) is 16.7. The average molecular weight is 887 g/mol. The van der Waals surface area contributed by atoms with Crippen molar-refractivity contribution in [3.05, 3.63) is 30.0 Å². The summed E-state index contributed by atoms with van der Waals surface area (Å²) in [6.45, 7) is 2.48. The molecule has 360 valence electrons. The Bertz CT molecular complexity index is 1240. The number of carbonyl (C=O) groups excluding carboxylic acids is 2. The average Bonchev–Trinajstić information content (AvgIpc) is 3.26. The van der Waals surface area contributed by atoms with Crippen molar-refractivity contribution in [1.82, 2.24) is 0 Å². The summed E-state index contributed by atoms with van der Waals surface area (Å²) in [4.78, 5) is 25.6. The number of hydrogen-bond donors (Lipinski definition) is 7. The fraction of sp³-hybridized carbons (Fsp3) is 0.851. The van der Waals surface area contributed by atoms with Crippen LogP contribution in [0.15, 0.2) is 30.0 Å². The van der Waals surface area contributed by atoms with Gasteiger partial charge in [-0.15, -0.1) is 5.73 Å². The molecule has 0 aliphatic carbocycles. The lowest BCUT2D eigenvalue weighted by Gasteiger charge is -2.42. The lowest BCUT2D eigenvalue weighted by molar-refractivity contribution is -0.332. The first-order chi connectivity index (χ1) is 30.0. The Morgan fingerprint density at radius 2 is 1.03 bits per heavy atom. The number of carbonyl (C=O) groups is 2. The maximum Gasteiger partial charge on any atom is 0.306 e. The van der Waals surface area contributed by atoms with E-state index in [0.717, 1.165) is 77.0 Å². The van der Waals surface area contributed by atoms with Gasteiger partial charge < -0.3 is 64.2 Å². The van der Waals surface area contributed by atoms with Gasteiger partial charge in [-0.25, -0.2) is 0 Å². The molecule has 15 heteroatoms. The maximum atomic E-state index is 12.9. The highest BCUT2D eigenvalue weighted by atomic mass is 16.7. The van der Waals surface area contributed by atoms with Crippen LogP contribution in [0.3, 0.4) is 0 Å². The molecule has 2 rings (SSSR count). The van der Waals surface area contributed by atoms with Gasteiger partial charge in [-0.05, 0) is 69.9 Å². The highest BCUT2D eigenvalue weighted by molar-refractivity contribution is 5.70. The third-order valence-corrected chi connectivity index (χ3v) is 11.2. The molecule has 4 unspecified atom stereocenters. The van der Waals surface area contributed by atoms with E-state index in [4.69, 9.17) is 28.4 Å². The van der Waals surface area contributed by atoms with Gasteiger partial charge in [0.25, 0.3) is 0 Å². The van der Waals surface area contributed by atoms with Crippen LogP contribution in [0, 0.1) is 0 Å². The molecule has 0 aromatic rings. The zero-order chi connectivity index (χ0) is 45.4.